The van der Waals surface area contributed by atoms with Crippen LogP contribution in [0, 0.1) is 11.3 Å². The molecule has 0 aliphatic carbocycles. The number of nitrogens with zero attached hydrogens (tertiary/aromatic N) is 3. The molecule has 7 heteroatoms. The molecular weight excluding hydrogens is 372 g/mol. The van der Waals surface area contributed by atoms with Crippen molar-refractivity contribution in [3.8, 4) is 6.07 Å². The van der Waals surface area contributed by atoms with Gasteiger partial charge in [0, 0.05) is 47.3 Å². The van der Waals surface area contributed by atoms with E-state index in [4.69, 9.17) is 9.47 Å². The van der Waals surface area contributed by atoms with Gasteiger partial charge in [-0.1, -0.05) is 11.8 Å². The second kappa shape index (κ2) is 7.55. The average molecular weight is 395 g/mol. The third-order valence-electron chi connectivity index (χ3n) is 5.40. The van der Waals surface area contributed by atoms with Gasteiger partial charge in [0.15, 0.2) is 0 Å². The van der Waals surface area contributed by atoms with Crippen LogP contribution in [0.2, 0.25) is 0 Å². The third kappa shape index (κ3) is 3.28. The van der Waals surface area contributed by atoms with Gasteiger partial charge in [-0.15, -0.1) is 0 Å². The second-order valence-corrected chi connectivity index (χ2v) is 8.17. The van der Waals surface area contributed by atoms with E-state index in [2.05, 4.69) is 45.5 Å². The van der Waals surface area contributed by atoms with Crippen LogP contribution in [0.3, 0.4) is 0 Å². The van der Waals surface area contributed by atoms with Crippen molar-refractivity contribution < 1.29 is 9.47 Å². The van der Waals surface area contributed by atoms with Gasteiger partial charge in [-0.3, -0.25) is 0 Å². The average Bonchev–Trinajstić information content (AvgIpc) is 2.77. The van der Waals surface area contributed by atoms with E-state index in [1.165, 1.54) is 10.6 Å². The van der Waals surface area contributed by atoms with E-state index in [1.807, 2.05) is 6.07 Å². The summed E-state index contributed by atoms with van der Waals surface area (Å²) in [5, 5.41) is 13.2. The Bertz CT molecular complexity index is 931. The lowest BCUT2D eigenvalue weighted by Gasteiger charge is -2.32. The predicted octanol–water partition coefficient (Wildman–Crippen LogP) is 3.44. The number of rotatable bonds is 2. The fourth-order valence-corrected chi connectivity index (χ4v) is 4.96. The van der Waals surface area contributed by atoms with Gasteiger partial charge in [0.1, 0.15) is 6.07 Å². The van der Waals surface area contributed by atoms with Crippen LogP contribution < -0.4 is 15.1 Å². The van der Waals surface area contributed by atoms with Crippen molar-refractivity contribution in [2.45, 2.75) is 9.79 Å². The first kappa shape index (κ1) is 17.7. The van der Waals surface area contributed by atoms with Crippen LogP contribution in [0.5, 0.6) is 0 Å². The summed E-state index contributed by atoms with van der Waals surface area (Å²) in [5.41, 5.74) is 4.99. The molecule has 2 aromatic carbocycles. The van der Waals surface area contributed by atoms with Crippen LogP contribution in [0.25, 0.3) is 0 Å². The molecule has 0 aromatic heterocycles. The number of benzene rings is 2. The Morgan fingerprint density at radius 1 is 0.857 bits per heavy atom. The maximum atomic E-state index is 9.72. The summed E-state index contributed by atoms with van der Waals surface area (Å²) in [7, 11) is 0. The summed E-state index contributed by atoms with van der Waals surface area (Å²) in [5.74, 6) is 0. The molecule has 2 saturated heterocycles. The molecule has 3 heterocycles. The molecule has 3 aliphatic rings. The molecule has 144 valence electrons. The lowest BCUT2D eigenvalue weighted by atomic mass is 10.1. The van der Waals surface area contributed by atoms with Crippen molar-refractivity contribution in [1.29, 1.82) is 5.26 Å². The summed E-state index contributed by atoms with van der Waals surface area (Å²) in [6.45, 7) is 6.59. The van der Waals surface area contributed by atoms with Gasteiger partial charge in [-0.25, -0.2) is 0 Å². The van der Waals surface area contributed by atoms with E-state index in [1.54, 1.807) is 11.8 Å². The Morgan fingerprint density at radius 2 is 1.50 bits per heavy atom. The number of nitrogens with one attached hydrogen (secondary N) is 1. The first-order valence-corrected chi connectivity index (χ1v) is 10.5. The van der Waals surface area contributed by atoms with E-state index in [-0.39, 0.29) is 0 Å². The quantitative estimate of drug-likeness (QED) is 0.714. The van der Waals surface area contributed by atoms with E-state index in [9.17, 15) is 5.26 Å². The monoisotopic (exact) mass is 394 g/mol. The van der Waals surface area contributed by atoms with Crippen molar-refractivity contribution >= 4 is 34.5 Å². The normalized spacial score (nSPS) is 18.7. The van der Waals surface area contributed by atoms with Crippen LogP contribution in [0.4, 0.5) is 22.7 Å². The molecule has 0 atom stereocenters. The van der Waals surface area contributed by atoms with Crippen molar-refractivity contribution in [3.05, 3.63) is 35.9 Å². The number of fused-ring (bicyclic) bond motifs is 2. The highest BCUT2D eigenvalue weighted by Gasteiger charge is 2.23. The lowest BCUT2D eigenvalue weighted by Crippen LogP contribution is -2.36. The zero-order valence-corrected chi connectivity index (χ0v) is 16.4. The maximum absolute atomic E-state index is 9.72. The minimum absolute atomic E-state index is 0.689. The standard InChI is InChI=1S/C21H22N4O2S/c22-14-15-11-17(25-5-9-27-10-6-25)13-20-21(15)23-18-2-1-16(12-19(18)28-20)24-3-7-26-8-4-24/h1-2,11-13,23H,3-10H2. The number of hydrogen-bond acceptors (Lipinski definition) is 7. The van der Waals surface area contributed by atoms with Gasteiger partial charge in [-0.2, -0.15) is 5.26 Å². The molecule has 2 aromatic rings. The van der Waals surface area contributed by atoms with Crippen molar-refractivity contribution in [2.75, 3.05) is 67.7 Å². The maximum Gasteiger partial charge on any atom is 0.101 e. The lowest BCUT2D eigenvalue weighted by molar-refractivity contribution is 0.122. The topological polar surface area (TPSA) is 60.8 Å². The Hall–Kier alpha value is -2.40. The van der Waals surface area contributed by atoms with Crippen LogP contribution in [-0.2, 0) is 9.47 Å². The largest absolute Gasteiger partial charge is 0.378 e. The van der Waals surface area contributed by atoms with E-state index in [0.717, 1.165) is 74.6 Å². The van der Waals surface area contributed by atoms with Crippen LogP contribution in [-0.4, -0.2) is 52.6 Å². The third-order valence-corrected chi connectivity index (χ3v) is 6.50. The minimum atomic E-state index is 0.689. The molecule has 2 fully saturated rings. The Balaban J connectivity index is 1.47. The summed E-state index contributed by atoms with van der Waals surface area (Å²) in [6, 6.07) is 13.1. The number of hydrogen-bond donors (Lipinski definition) is 1. The fourth-order valence-electron chi connectivity index (χ4n) is 3.87. The number of nitriles is 1. The first-order chi connectivity index (χ1) is 13.8. The van der Waals surface area contributed by atoms with Gasteiger partial charge >= 0.3 is 0 Å². The zero-order chi connectivity index (χ0) is 18.9. The highest BCUT2D eigenvalue weighted by molar-refractivity contribution is 7.99. The molecule has 28 heavy (non-hydrogen) atoms. The number of ether oxygens (including phenoxy) is 2. The van der Waals surface area contributed by atoms with Gasteiger partial charge < -0.3 is 24.6 Å². The van der Waals surface area contributed by atoms with Crippen LogP contribution >= 0.6 is 11.8 Å². The second-order valence-electron chi connectivity index (χ2n) is 7.08. The van der Waals surface area contributed by atoms with E-state index in [0.29, 0.717) is 5.56 Å². The zero-order valence-electron chi connectivity index (χ0n) is 15.6. The van der Waals surface area contributed by atoms with E-state index >= 15 is 0 Å². The van der Waals surface area contributed by atoms with Crippen molar-refractivity contribution in [3.63, 3.8) is 0 Å². The molecule has 3 aliphatic heterocycles. The highest BCUT2D eigenvalue weighted by atomic mass is 32.2. The Kier molecular flexibility index (Phi) is 4.77. The predicted molar refractivity (Wildman–Crippen MR) is 111 cm³/mol. The SMILES string of the molecule is N#Cc1cc(N2CCOCC2)cc2c1Nc1ccc(N3CCOCC3)cc1S2. The molecule has 0 spiro atoms. The molecule has 0 unspecified atom stereocenters. The van der Waals surface area contributed by atoms with E-state index < -0.39 is 0 Å². The molecular formula is C21H22N4O2S. The molecule has 5 rings (SSSR count). The summed E-state index contributed by atoms with van der Waals surface area (Å²) in [6.07, 6.45) is 0. The van der Waals surface area contributed by atoms with Gasteiger partial charge in [0.05, 0.1) is 43.4 Å². The number of anilines is 4. The molecule has 0 amide bonds. The molecule has 0 bridgehead atoms. The summed E-state index contributed by atoms with van der Waals surface area (Å²) < 4.78 is 10.9. The van der Waals surface area contributed by atoms with Crippen LogP contribution in [0.15, 0.2) is 40.1 Å². The van der Waals surface area contributed by atoms with Gasteiger partial charge in [0.2, 0.25) is 0 Å². The molecule has 6 nitrogen and oxygen atoms in total. The fraction of sp³-hybridized carbons (Fsp3) is 0.381. The van der Waals surface area contributed by atoms with Crippen molar-refractivity contribution in [1.82, 2.24) is 0 Å². The van der Waals surface area contributed by atoms with Crippen molar-refractivity contribution in [2.24, 2.45) is 0 Å². The Morgan fingerprint density at radius 3 is 2.18 bits per heavy atom. The first-order valence-electron chi connectivity index (χ1n) is 9.64. The van der Waals surface area contributed by atoms with Gasteiger partial charge in [-0.05, 0) is 30.3 Å². The Labute approximate surface area is 169 Å². The highest BCUT2D eigenvalue weighted by Crippen LogP contribution is 2.48. The molecule has 0 saturated carbocycles. The summed E-state index contributed by atoms with van der Waals surface area (Å²) >= 11 is 1.74. The summed E-state index contributed by atoms with van der Waals surface area (Å²) in [4.78, 5) is 6.96. The molecule has 0 radical (unpaired) electrons. The van der Waals surface area contributed by atoms with Crippen LogP contribution in [0.1, 0.15) is 5.56 Å². The number of morpholine rings is 2. The minimum Gasteiger partial charge on any atom is -0.378 e. The molecule has 1 N–H and O–H groups in total. The smallest absolute Gasteiger partial charge is 0.101 e. The van der Waals surface area contributed by atoms with Gasteiger partial charge in [0.25, 0.3) is 0 Å².